The summed E-state index contributed by atoms with van der Waals surface area (Å²) in [6.45, 7) is 7.03. The van der Waals surface area contributed by atoms with Crippen LogP contribution in [0.3, 0.4) is 0 Å². The third-order valence-corrected chi connectivity index (χ3v) is 4.43. The molecular formula is C18H25NO4. The van der Waals surface area contributed by atoms with E-state index < -0.39 is 12.0 Å². The molecule has 0 spiro atoms. The number of hydrogen-bond acceptors (Lipinski definition) is 3. The summed E-state index contributed by atoms with van der Waals surface area (Å²) in [4.78, 5) is 23.8. The van der Waals surface area contributed by atoms with Gasteiger partial charge < -0.3 is 15.2 Å². The van der Waals surface area contributed by atoms with Crippen molar-refractivity contribution >= 4 is 11.9 Å². The highest BCUT2D eigenvalue weighted by atomic mass is 16.5. The standard InChI is InChI=1S/C18H25NO4/c1-11-7-12(2)15(13(3)8-11)9-16(20)19-17(18(21)22)14-5-4-6-23-10-14/h7-8,14,17H,4-6,9-10H2,1-3H3,(H,19,20)(H,21,22). The van der Waals surface area contributed by atoms with Crippen LogP contribution in [0.4, 0.5) is 0 Å². The van der Waals surface area contributed by atoms with Crippen LogP contribution in [0.5, 0.6) is 0 Å². The van der Waals surface area contributed by atoms with Gasteiger partial charge in [-0.1, -0.05) is 17.7 Å². The molecule has 5 nitrogen and oxygen atoms in total. The van der Waals surface area contributed by atoms with Gasteiger partial charge >= 0.3 is 5.97 Å². The number of carbonyl (C=O) groups excluding carboxylic acids is 1. The van der Waals surface area contributed by atoms with Gasteiger partial charge in [-0.25, -0.2) is 4.79 Å². The Balaban J connectivity index is 2.06. The molecular weight excluding hydrogens is 294 g/mol. The smallest absolute Gasteiger partial charge is 0.326 e. The monoisotopic (exact) mass is 319 g/mol. The molecule has 1 heterocycles. The summed E-state index contributed by atoms with van der Waals surface area (Å²) in [6, 6.07) is 3.20. The van der Waals surface area contributed by atoms with Crippen LogP contribution in [-0.2, 0) is 20.7 Å². The minimum absolute atomic E-state index is 0.162. The van der Waals surface area contributed by atoms with Crippen LogP contribution in [0.1, 0.15) is 35.1 Å². The van der Waals surface area contributed by atoms with Gasteiger partial charge in [0.1, 0.15) is 6.04 Å². The lowest BCUT2D eigenvalue weighted by Crippen LogP contribution is -2.48. The lowest BCUT2D eigenvalue weighted by Gasteiger charge is -2.28. The average Bonchev–Trinajstić information content (AvgIpc) is 2.49. The van der Waals surface area contributed by atoms with Gasteiger partial charge in [-0.15, -0.1) is 0 Å². The van der Waals surface area contributed by atoms with Crippen molar-refractivity contribution in [2.45, 2.75) is 46.1 Å². The molecule has 1 aliphatic rings. The molecule has 1 amide bonds. The number of ether oxygens (including phenoxy) is 1. The molecule has 0 radical (unpaired) electrons. The van der Waals surface area contributed by atoms with Crippen molar-refractivity contribution in [1.82, 2.24) is 5.32 Å². The molecule has 2 N–H and O–H groups in total. The van der Waals surface area contributed by atoms with Crippen LogP contribution in [0.15, 0.2) is 12.1 Å². The van der Waals surface area contributed by atoms with Gasteiger partial charge in [0.15, 0.2) is 0 Å². The number of hydrogen-bond donors (Lipinski definition) is 2. The number of rotatable bonds is 5. The Morgan fingerprint density at radius 1 is 1.30 bits per heavy atom. The summed E-state index contributed by atoms with van der Waals surface area (Å²) < 4.78 is 5.35. The number of amides is 1. The van der Waals surface area contributed by atoms with E-state index in [-0.39, 0.29) is 18.2 Å². The van der Waals surface area contributed by atoms with E-state index in [2.05, 4.69) is 5.32 Å². The third kappa shape index (κ3) is 4.55. The quantitative estimate of drug-likeness (QED) is 0.872. The van der Waals surface area contributed by atoms with Crippen molar-refractivity contribution in [2.24, 2.45) is 5.92 Å². The van der Waals surface area contributed by atoms with Crippen molar-refractivity contribution in [1.29, 1.82) is 0 Å². The van der Waals surface area contributed by atoms with Crippen molar-refractivity contribution in [3.8, 4) is 0 Å². The summed E-state index contributed by atoms with van der Waals surface area (Å²) >= 11 is 0. The number of nitrogens with one attached hydrogen (secondary N) is 1. The molecule has 0 saturated carbocycles. The summed E-state index contributed by atoms with van der Waals surface area (Å²) in [5, 5.41) is 12.1. The maximum absolute atomic E-state index is 12.3. The Hall–Kier alpha value is -1.88. The van der Waals surface area contributed by atoms with Gasteiger partial charge in [0.05, 0.1) is 13.0 Å². The van der Waals surface area contributed by atoms with E-state index in [9.17, 15) is 14.7 Å². The van der Waals surface area contributed by atoms with Gasteiger partial charge in [-0.05, 0) is 50.3 Å². The molecule has 5 heteroatoms. The van der Waals surface area contributed by atoms with Crippen molar-refractivity contribution in [2.75, 3.05) is 13.2 Å². The number of aliphatic carboxylic acids is 1. The van der Waals surface area contributed by atoms with Crippen LogP contribution in [-0.4, -0.2) is 36.2 Å². The summed E-state index contributed by atoms with van der Waals surface area (Å²) in [6.07, 6.45) is 1.80. The first kappa shape index (κ1) is 17.5. The van der Waals surface area contributed by atoms with Gasteiger partial charge in [0.25, 0.3) is 0 Å². The number of carboxylic acids is 1. The zero-order chi connectivity index (χ0) is 17.0. The zero-order valence-electron chi connectivity index (χ0n) is 14.0. The summed E-state index contributed by atoms with van der Waals surface area (Å²) in [7, 11) is 0. The number of carboxylic acid groups (broad SMARTS) is 1. The van der Waals surface area contributed by atoms with Crippen LogP contribution in [0, 0.1) is 26.7 Å². The van der Waals surface area contributed by atoms with Gasteiger partial charge in [0, 0.05) is 12.5 Å². The molecule has 2 atom stereocenters. The van der Waals surface area contributed by atoms with E-state index in [4.69, 9.17) is 4.74 Å². The summed E-state index contributed by atoms with van der Waals surface area (Å²) in [5.74, 6) is -1.41. The molecule has 0 aromatic heterocycles. The Morgan fingerprint density at radius 3 is 2.48 bits per heavy atom. The van der Waals surface area contributed by atoms with Gasteiger partial charge in [0.2, 0.25) is 5.91 Å². The minimum atomic E-state index is -0.994. The van der Waals surface area contributed by atoms with E-state index in [1.807, 2.05) is 32.9 Å². The maximum atomic E-state index is 12.3. The van der Waals surface area contributed by atoms with E-state index >= 15 is 0 Å². The topological polar surface area (TPSA) is 75.6 Å². The van der Waals surface area contributed by atoms with Crippen molar-refractivity contribution < 1.29 is 19.4 Å². The molecule has 1 aromatic rings. The molecule has 0 bridgehead atoms. The Labute approximate surface area is 137 Å². The normalized spacial score (nSPS) is 19.2. The first-order chi connectivity index (χ1) is 10.9. The fraction of sp³-hybridized carbons (Fsp3) is 0.556. The highest BCUT2D eigenvalue weighted by Gasteiger charge is 2.31. The second-order valence-corrected chi connectivity index (χ2v) is 6.41. The third-order valence-electron chi connectivity index (χ3n) is 4.43. The predicted octanol–water partition coefficient (Wildman–Crippen LogP) is 2.15. The van der Waals surface area contributed by atoms with Gasteiger partial charge in [-0.3, -0.25) is 4.79 Å². The molecule has 1 saturated heterocycles. The molecule has 23 heavy (non-hydrogen) atoms. The van der Waals surface area contributed by atoms with E-state index in [1.165, 1.54) is 0 Å². The Bertz CT molecular complexity index is 568. The molecule has 1 aromatic carbocycles. The van der Waals surface area contributed by atoms with Crippen LogP contribution < -0.4 is 5.32 Å². The SMILES string of the molecule is Cc1cc(C)c(CC(=O)NC(C(=O)O)C2CCCOC2)c(C)c1. The first-order valence-electron chi connectivity index (χ1n) is 8.05. The number of carbonyl (C=O) groups is 2. The Kier molecular flexibility index (Phi) is 5.77. The molecule has 1 aliphatic heterocycles. The van der Waals surface area contributed by atoms with Crippen LogP contribution >= 0.6 is 0 Å². The largest absolute Gasteiger partial charge is 0.480 e. The van der Waals surface area contributed by atoms with E-state index in [0.717, 1.165) is 35.1 Å². The highest BCUT2D eigenvalue weighted by Crippen LogP contribution is 2.19. The fourth-order valence-corrected chi connectivity index (χ4v) is 3.28. The second-order valence-electron chi connectivity index (χ2n) is 6.41. The second kappa shape index (κ2) is 7.59. The van der Waals surface area contributed by atoms with Crippen molar-refractivity contribution in [3.63, 3.8) is 0 Å². The molecule has 2 rings (SSSR count). The number of aryl methyl sites for hydroxylation is 3. The lowest BCUT2D eigenvalue weighted by atomic mass is 9.93. The van der Waals surface area contributed by atoms with Crippen LogP contribution in [0.25, 0.3) is 0 Å². The molecule has 2 unspecified atom stereocenters. The Morgan fingerprint density at radius 2 is 1.96 bits per heavy atom. The molecule has 1 fully saturated rings. The summed E-state index contributed by atoms with van der Waals surface area (Å²) in [5.41, 5.74) is 4.25. The number of benzene rings is 1. The van der Waals surface area contributed by atoms with Gasteiger partial charge in [-0.2, -0.15) is 0 Å². The maximum Gasteiger partial charge on any atom is 0.326 e. The fourth-order valence-electron chi connectivity index (χ4n) is 3.28. The van der Waals surface area contributed by atoms with E-state index in [1.54, 1.807) is 0 Å². The molecule has 0 aliphatic carbocycles. The average molecular weight is 319 g/mol. The molecule has 126 valence electrons. The van der Waals surface area contributed by atoms with Crippen LogP contribution in [0.2, 0.25) is 0 Å². The highest BCUT2D eigenvalue weighted by molar-refractivity contribution is 5.85. The lowest BCUT2D eigenvalue weighted by molar-refractivity contribution is -0.145. The zero-order valence-corrected chi connectivity index (χ0v) is 14.0. The minimum Gasteiger partial charge on any atom is -0.480 e. The van der Waals surface area contributed by atoms with Crippen molar-refractivity contribution in [3.05, 3.63) is 34.4 Å². The predicted molar refractivity (Wildman–Crippen MR) is 87.5 cm³/mol. The first-order valence-corrected chi connectivity index (χ1v) is 8.05. The van der Waals surface area contributed by atoms with E-state index in [0.29, 0.717) is 13.2 Å².